The zero-order chi connectivity index (χ0) is 20.4. The molecule has 0 amide bonds. The molecule has 29 heavy (non-hydrogen) atoms. The first kappa shape index (κ1) is 19.8. The van der Waals surface area contributed by atoms with Gasteiger partial charge in [-0.2, -0.15) is 4.68 Å². The highest BCUT2D eigenvalue weighted by Crippen LogP contribution is 2.31. The van der Waals surface area contributed by atoms with Crippen molar-refractivity contribution in [3.05, 3.63) is 70.8 Å². The first-order valence-corrected chi connectivity index (χ1v) is 11.6. The summed E-state index contributed by atoms with van der Waals surface area (Å²) in [6.45, 7) is 1.54. The van der Waals surface area contributed by atoms with Crippen LogP contribution in [0.15, 0.2) is 68.8 Å². The average Bonchev–Trinajstić information content (AvgIpc) is 2.76. The lowest BCUT2D eigenvalue weighted by atomic mass is 10.0. The van der Waals surface area contributed by atoms with E-state index in [-0.39, 0.29) is 11.1 Å². The molecular weight excluding hydrogens is 386 g/mol. The molecular formula is C22H25N3O3S. The van der Waals surface area contributed by atoms with E-state index in [9.17, 15) is 14.1 Å². The first-order chi connectivity index (χ1) is 14.0. The van der Waals surface area contributed by atoms with E-state index in [1.165, 1.54) is 6.92 Å². The van der Waals surface area contributed by atoms with Gasteiger partial charge in [0, 0.05) is 10.1 Å². The molecule has 1 saturated carbocycles. The molecule has 0 saturated heterocycles. The fourth-order valence-electron chi connectivity index (χ4n) is 3.92. The Kier molecular flexibility index (Phi) is 5.52. The van der Waals surface area contributed by atoms with Gasteiger partial charge in [-0.05, 0) is 44.0 Å². The van der Waals surface area contributed by atoms with Crippen LogP contribution >= 0.6 is 0 Å². The Balaban J connectivity index is 2.03. The summed E-state index contributed by atoms with van der Waals surface area (Å²) in [5.74, 6) is 0.105. The van der Waals surface area contributed by atoms with Crippen LogP contribution in [-0.4, -0.2) is 24.2 Å². The summed E-state index contributed by atoms with van der Waals surface area (Å²) >= 11 is 0. The van der Waals surface area contributed by atoms with Crippen LogP contribution in [0.1, 0.15) is 51.0 Å². The Bertz CT molecular complexity index is 1190. The van der Waals surface area contributed by atoms with Crippen molar-refractivity contribution in [2.75, 3.05) is 0 Å². The van der Waals surface area contributed by atoms with Crippen molar-refractivity contribution in [3.63, 3.8) is 0 Å². The summed E-state index contributed by atoms with van der Waals surface area (Å²) in [5, 5.41) is 10.5. The van der Waals surface area contributed by atoms with E-state index in [2.05, 4.69) is 9.46 Å². The van der Waals surface area contributed by atoms with Crippen molar-refractivity contribution < 1.29 is 9.32 Å². The monoisotopic (exact) mass is 411 g/mol. The largest absolute Gasteiger partial charge is 0.385 e. The molecule has 0 aliphatic heterocycles. The highest BCUT2D eigenvalue weighted by atomic mass is 32.2. The Labute approximate surface area is 170 Å². The lowest BCUT2D eigenvalue weighted by molar-refractivity contribution is 0.183. The molecule has 1 aliphatic rings. The molecule has 0 spiro atoms. The number of para-hydroxylation sites is 1. The number of hydrogen-bond acceptors (Lipinski definition) is 5. The maximum Gasteiger partial charge on any atom is 0.282 e. The molecule has 0 radical (unpaired) electrons. The molecule has 1 aromatic heterocycles. The molecule has 152 valence electrons. The van der Waals surface area contributed by atoms with Gasteiger partial charge in [0.1, 0.15) is 15.8 Å². The van der Waals surface area contributed by atoms with Crippen molar-refractivity contribution in [1.29, 1.82) is 0 Å². The van der Waals surface area contributed by atoms with Crippen molar-refractivity contribution in [1.82, 2.24) is 9.66 Å². The number of fused-ring (bicyclic) bond motifs is 1. The van der Waals surface area contributed by atoms with Gasteiger partial charge in [0.05, 0.1) is 10.9 Å². The van der Waals surface area contributed by atoms with E-state index in [1.807, 2.05) is 30.3 Å². The molecule has 4 rings (SSSR count). The van der Waals surface area contributed by atoms with E-state index >= 15 is 0 Å². The smallest absolute Gasteiger partial charge is 0.282 e. The van der Waals surface area contributed by atoms with Crippen molar-refractivity contribution >= 4 is 20.6 Å². The minimum Gasteiger partial charge on any atom is -0.385 e. The predicted octanol–water partition coefficient (Wildman–Crippen LogP) is 4.07. The van der Waals surface area contributed by atoms with Crippen LogP contribution in [0.25, 0.3) is 10.9 Å². The number of nitrogens with zero attached hydrogens (tertiary/aromatic N) is 3. The van der Waals surface area contributed by atoms with Gasteiger partial charge in [-0.15, -0.1) is 4.47 Å². The molecule has 1 N–H and O–H groups in total. The van der Waals surface area contributed by atoms with Crippen LogP contribution in [0.4, 0.5) is 0 Å². The van der Waals surface area contributed by atoms with E-state index in [4.69, 9.17) is 0 Å². The predicted molar refractivity (Wildman–Crippen MR) is 114 cm³/mol. The Morgan fingerprint density at radius 1 is 1.07 bits per heavy atom. The molecule has 0 bridgehead atoms. The van der Waals surface area contributed by atoms with Crippen molar-refractivity contribution in [2.24, 2.45) is 4.47 Å². The minimum absolute atomic E-state index is 0.105. The van der Waals surface area contributed by atoms with Crippen LogP contribution in [-0.2, 0) is 9.73 Å². The first-order valence-electron chi connectivity index (χ1n) is 10.0. The number of aliphatic hydroxyl groups is 1. The van der Waals surface area contributed by atoms with Crippen LogP contribution < -0.4 is 5.56 Å². The third kappa shape index (κ3) is 3.72. The van der Waals surface area contributed by atoms with Crippen LogP contribution in [0, 0.1) is 0 Å². The molecule has 0 unspecified atom stereocenters. The fraction of sp³-hybridized carbons (Fsp3) is 0.364. The average molecular weight is 412 g/mol. The zero-order valence-corrected chi connectivity index (χ0v) is 17.2. The Morgan fingerprint density at radius 2 is 1.72 bits per heavy atom. The second-order valence-electron chi connectivity index (χ2n) is 7.50. The molecule has 1 aliphatic carbocycles. The summed E-state index contributed by atoms with van der Waals surface area (Å²) in [7, 11) is -2.93. The number of benzene rings is 2. The van der Waals surface area contributed by atoms with E-state index in [1.54, 1.807) is 24.3 Å². The molecule has 6 nitrogen and oxygen atoms in total. The Hall–Kier alpha value is -2.51. The number of rotatable bonds is 4. The van der Waals surface area contributed by atoms with E-state index in [0.717, 1.165) is 36.8 Å². The van der Waals surface area contributed by atoms with Gasteiger partial charge in [-0.1, -0.05) is 49.6 Å². The summed E-state index contributed by atoms with van der Waals surface area (Å²) < 4.78 is 20.0. The summed E-state index contributed by atoms with van der Waals surface area (Å²) in [6.07, 6.45) is 3.70. The SMILES string of the molecule is C[C@H](O)c1nc2ccccc2c(=O)n1N=[S@@](=O)(c1ccccc1)C1CCCCC1. The van der Waals surface area contributed by atoms with Gasteiger partial charge in [0.15, 0.2) is 5.82 Å². The number of aromatic nitrogens is 2. The van der Waals surface area contributed by atoms with Gasteiger partial charge < -0.3 is 5.11 Å². The van der Waals surface area contributed by atoms with Gasteiger partial charge in [-0.3, -0.25) is 4.79 Å². The molecule has 1 fully saturated rings. The summed E-state index contributed by atoms with van der Waals surface area (Å²) in [5.41, 5.74) is 0.0784. The second-order valence-corrected chi connectivity index (χ2v) is 9.94. The molecule has 1 heterocycles. The van der Waals surface area contributed by atoms with Crippen LogP contribution in [0.3, 0.4) is 0 Å². The minimum atomic E-state index is -2.93. The quantitative estimate of drug-likeness (QED) is 0.701. The zero-order valence-electron chi connectivity index (χ0n) is 16.4. The molecule has 2 aromatic carbocycles. The third-order valence-electron chi connectivity index (χ3n) is 5.44. The summed E-state index contributed by atoms with van der Waals surface area (Å²) in [4.78, 5) is 18.3. The number of aliphatic hydroxyl groups excluding tert-OH is 1. The van der Waals surface area contributed by atoms with E-state index < -0.39 is 21.4 Å². The van der Waals surface area contributed by atoms with Gasteiger partial charge >= 0.3 is 0 Å². The highest BCUT2D eigenvalue weighted by molar-refractivity contribution is 7.94. The van der Waals surface area contributed by atoms with Crippen LogP contribution in [0.5, 0.6) is 0 Å². The molecule has 3 aromatic rings. The normalized spacial score (nSPS) is 18.3. The van der Waals surface area contributed by atoms with Gasteiger partial charge in [0.2, 0.25) is 0 Å². The van der Waals surface area contributed by atoms with Crippen molar-refractivity contribution in [2.45, 2.75) is 55.3 Å². The molecule has 7 heteroatoms. The maximum absolute atomic E-state index is 14.3. The van der Waals surface area contributed by atoms with Crippen molar-refractivity contribution in [3.8, 4) is 0 Å². The lowest BCUT2D eigenvalue weighted by Crippen LogP contribution is -2.29. The standard InChI is InChI=1S/C22H25N3O3S/c1-16(26)21-23-20-15-9-8-14-19(20)22(27)25(21)24-29(28,17-10-4-2-5-11-17)18-12-6-3-7-13-18/h2,4-5,8-11,14-16,18,26H,3,6-7,12-13H2,1H3/t16-,29+/m0/s1. The van der Waals surface area contributed by atoms with Gasteiger partial charge in [-0.25, -0.2) is 9.19 Å². The second kappa shape index (κ2) is 8.08. The fourth-order valence-corrected chi connectivity index (χ4v) is 6.45. The maximum atomic E-state index is 14.3. The third-order valence-corrected chi connectivity index (χ3v) is 8.17. The number of hydrogen-bond donors (Lipinski definition) is 1. The van der Waals surface area contributed by atoms with E-state index in [0.29, 0.717) is 15.8 Å². The topological polar surface area (TPSA) is 84.6 Å². The lowest BCUT2D eigenvalue weighted by Gasteiger charge is -2.26. The Morgan fingerprint density at radius 3 is 2.41 bits per heavy atom. The van der Waals surface area contributed by atoms with Crippen LogP contribution in [0.2, 0.25) is 0 Å². The van der Waals surface area contributed by atoms with Gasteiger partial charge in [0.25, 0.3) is 5.56 Å². The summed E-state index contributed by atoms with van der Waals surface area (Å²) in [6, 6.07) is 16.1. The highest BCUT2D eigenvalue weighted by Gasteiger charge is 2.29. The molecule has 2 atom stereocenters.